The fourth-order valence-electron chi connectivity index (χ4n) is 2.76. The van der Waals surface area contributed by atoms with Gasteiger partial charge in [-0.1, -0.05) is 70.6 Å². The maximum absolute atomic E-state index is 12.5. The molecule has 0 spiro atoms. The van der Waals surface area contributed by atoms with Crippen LogP contribution < -0.4 is 10.4 Å². The lowest BCUT2D eigenvalue weighted by molar-refractivity contribution is -0.693. The van der Waals surface area contributed by atoms with Gasteiger partial charge in [-0.3, -0.25) is 0 Å². The first kappa shape index (κ1) is 28.4. The topological polar surface area (TPSA) is 90.9 Å². The zero-order chi connectivity index (χ0) is 24.4. The molecule has 0 radical (unpaired) electrons. The number of alkyl halides is 4. The second kappa shape index (κ2) is 13.1. The van der Waals surface area contributed by atoms with Crippen LogP contribution in [0.15, 0.2) is 59.5 Å². The number of hydrogen-bond donors (Lipinski definition) is 1. The van der Waals surface area contributed by atoms with Crippen LogP contribution in [0, 0.1) is 6.92 Å². The highest BCUT2D eigenvalue weighted by Crippen LogP contribution is 2.18. The van der Waals surface area contributed by atoms with E-state index in [1.54, 1.807) is 12.1 Å². The van der Waals surface area contributed by atoms with Crippen molar-refractivity contribution in [3.63, 3.8) is 0 Å². The molecule has 2 rings (SSSR count). The molecule has 5 nitrogen and oxygen atoms in total. The van der Waals surface area contributed by atoms with E-state index in [2.05, 4.69) is 59.1 Å². The van der Waals surface area contributed by atoms with Crippen molar-refractivity contribution < 1.29 is 36.8 Å². The first-order valence-electron chi connectivity index (χ1n) is 9.93. The Bertz CT molecular complexity index is 936. The number of carboxylic acid groups (broad SMARTS) is 1. The lowest BCUT2D eigenvalue weighted by Crippen LogP contribution is -2.84. The van der Waals surface area contributed by atoms with Gasteiger partial charge in [0.2, 0.25) is 0 Å². The first-order valence-corrected chi connectivity index (χ1v) is 12.8. The van der Waals surface area contributed by atoms with E-state index >= 15 is 0 Å². The summed E-state index contributed by atoms with van der Waals surface area (Å²) in [6, 6.07) is 18.0. The number of quaternary nitrogens is 1. The number of aryl methyl sites for hydroxylation is 1. The summed E-state index contributed by atoms with van der Waals surface area (Å²) in [5.74, 6) is -2.79. The van der Waals surface area contributed by atoms with Crippen molar-refractivity contribution in [3.05, 3.63) is 65.7 Å². The molecule has 0 amide bonds. The van der Waals surface area contributed by atoms with Gasteiger partial charge in [0.1, 0.15) is 12.0 Å². The van der Waals surface area contributed by atoms with Gasteiger partial charge in [0, 0.05) is 9.49 Å². The molecule has 0 saturated carbocycles. The summed E-state index contributed by atoms with van der Waals surface area (Å²) in [6.07, 6.45) is -3.25. The standard InChI is InChI=1S/C20H26INO2S.C2HF3O2/c1-16-10-12-20(13-11-16)25(23,24)15-19(21)9-6-14-22-17(2)18-7-4-3-5-8-18;3-2(4,5)1(6)7/h3-5,7-8,10-13,17,19,22H,6,9,14-15H2,1-2H3;(H,6,7)/t17-,19?;/m1./s1. The first-order chi connectivity index (χ1) is 14.8. The van der Waals surface area contributed by atoms with E-state index in [9.17, 15) is 21.6 Å². The quantitative estimate of drug-likeness (QED) is 0.279. The molecule has 32 heavy (non-hydrogen) atoms. The molecule has 2 N–H and O–H groups in total. The van der Waals surface area contributed by atoms with Gasteiger partial charge < -0.3 is 15.2 Å². The molecule has 178 valence electrons. The molecule has 0 fully saturated rings. The van der Waals surface area contributed by atoms with Crippen molar-refractivity contribution in [2.45, 2.75) is 47.7 Å². The maximum Gasteiger partial charge on any atom is 0.430 e. The number of hydrogen-bond acceptors (Lipinski definition) is 4. The zero-order valence-electron chi connectivity index (χ0n) is 17.8. The van der Waals surface area contributed by atoms with E-state index in [-0.39, 0.29) is 9.68 Å². The third kappa shape index (κ3) is 10.8. The van der Waals surface area contributed by atoms with Crippen LogP contribution in [0.3, 0.4) is 0 Å². The van der Waals surface area contributed by atoms with Crippen LogP contribution >= 0.6 is 22.6 Å². The van der Waals surface area contributed by atoms with Gasteiger partial charge in [0.25, 0.3) is 0 Å². The molecule has 10 heteroatoms. The van der Waals surface area contributed by atoms with E-state index < -0.39 is 22.0 Å². The Morgan fingerprint density at radius 1 is 1.09 bits per heavy atom. The molecule has 1 unspecified atom stereocenters. The normalized spacial score (nSPS) is 13.6. The van der Waals surface area contributed by atoms with Crippen molar-refractivity contribution >= 4 is 38.4 Å². The predicted octanol–water partition coefficient (Wildman–Crippen LogP) is 2.98. The summed E-state index contributed by atoms with van der Waals surface area (Å²) in [6.45, 7) is 5.18. The molecule has 0 saturated heterocycles. The number of benzene rings is 2. The summed E-state index contributed by atoms with van der Waals surface area (Å²) < 4.78 is 56.6. The van der Waals surface area contributed by atoms with Gasteiger partial charge in [-0.15, -0.1) is 0 Å². The van der Waals surface area contributed by atoms with Gasteiger partial charge in [0.05, 0.1) is 17.2 Å². The minimum Gasteiger partial charge on any atom is -0.542 e. The number of sulfone groups is 1. The molecule has 0 aliphatic heterocycles. The van der Waals surface area contributed by atoms with E-state index in [0.29, 0.717) is 10.9 Å². The Kier molecular flexibility index (Phi) is 11.7. The Balaban J connectivity index is 0.000000633. The van der Waals surface area contributed by atoms with Crippen LogP contribution in [0.1, 0.15) is 36.9 Å². The fourth-order valence-corrected chi connectivity index (χ4v) is 6.01. The fraction of sp³-hybridized carbons (Fsp3) is 0.409. The lowest BCUT2D eigenvalue weighted by Gasteiger charge is -2.13. The van der Waals surface area contributed by atoms with E-state index in [1.807, 2.05) is 25.1 Å². The van der Waals surface area contributed by atoms with Crippen LogP contribution in [-0.4, -0.2) is 36.8 Å². The van der Waals surface area contributed by atoms with Crippen LogP contribution in [-0.2, 0) is 14.6 Å². The molecule has 0 aliphatic carbocycles. The van der Waals surface area contributed by atoms with E-state index in [0.717, 1.165) is 24.9 Å². The summed E-state index contributed by atoms with van der Waals surface area (Å²) in [5.41, 5.74) is 2.41. The summed E-state index contributed by atoms with van der Waals surface area (Å²) in [5, 5.41) is 11.1. The molecule has 0 aliphatic rings. The van der Waals surface area contributed by atoms with Crippen molar-refractivity contribution in [2.75, 3.05) is 12.3 Å². The Morgan fingerprint density at radius 3 is 2.12 bits per heavy atom. The van der Waals surface area contributed by atoms with Crippen molar-refractivity contribution in [1.29, 1.82) is 0 Å². The van der Waals surface area contributed by atoms with Crippen molar-refractivity contribution in [3.8, 4) is 0 Å². The Labute approximate surface area is 200 Å². The minimum absolute atomic E-state index is 0.143. The second-order valence-electron chi connectivity index (χ2n) is 7.34. The third-order valence-corrected chi connectivity index (χ3v) is 8.07. The van der Waals surface area contributed by atoms with E-state index in [1.165, 1.54) is 5.56 Å². The van der Waals surface area contributed by atoms with Crippen LogP contribution in [0.2, 0.25) is 0 Å². The van der Waals surface area contributed by atoms with Gasteiger partial charge in [-0.05, 0) is 38.8 Å². The number of aliphatic carboxylic acids is 1. The maximum atomic E-state index is 12.5. The van der Waals surface area contributed by atoms with Gasteiger partial charge in [0.15, 0.2) is 9.84 Å². The van der Waals surface area contributed by atoms with Gasteiger partial charge in [-0.2, -0.15) is 13.2 Å². The largest absolute Gasteiger partial charge is 0.542 e. The third-order valence-electron chi connectivity index (χ3n) is 4.58. The van der Waals surface area contributed by atoms with Crippen molar-refractivity contribution in [1.82, 2.24) is 0 Å². The molecule has 2 aromatic carbocycles. The average Bonchev–Trinajstić information content (AvgIpc) is 2.71. The predicted molar refractivity (Wildman–Crippen MR) is 123 cm³/mol. The monoisotopic (exact) mass is 585 g/mol. The minimum atomic E-state index is -5.19. The molecule has 2 aromatic rings. The second-order valence-corrected chi connectivity index (χ2v) is 11.1. The SMILES string of the molecule is Cc1ccc(S(=O)(=O)CC(I)CCC[NH2+][C@H](C)c2ccccc2)cc1.O=C([O-])C(F)(F)F. The smallest absolute Gasteiger partial charge is 0.430 e. The molecule has 0 bridgehead atoms. The van der Waals surface area contributed by atoms with Crippen LogP contribution in [0.25, 0.3) is 0 Å². The highest BCUT2D eigenvalue weighted by atomic mass is 127. The summed E-state index contributed by atoms with van der Waals surface area (Å²) in [4.78, 5) is 9.22. The average molecular weight is 585 g/mol. The molecule has 0 aromatic heterocycles. The number of halogens is 4. The summed E-state index contributed by atoms with van der Waals surface area (Å²) in [7, 11) is -3.19. The molecular formula is C22H27F3INO4S. The van der Waals surface area contributed by atoms with Crippen LogP contribution in [0.5, 0.6) is 0 Å². The molecule has 2 atom stereocenters. The van der Waals surface area contributed by atoms with Gasteiger partial charge >= 0.3 is 6.18 Å². The highest BCUT2D eigenvalue weighted by molar-refractivity contribution is 14.1. The van der Waals surface area contributed by atoms with E-state index in [4.69, 9.17) is 9.90 Å². The number of carboxylic acids is 1. The molecular weight excluding hydrogens is 558 g/mol. The van der Waals surface area contributed by atoms with Gasteiger partial charge in [-0.25, -0.2) is 8.42 Å². The zero-order valence-corrected chi connectivity index (χ0v) is 20.8. The van der Waals surface area contributed by atoms with Crippen LogP contribution in [0.4, 0.5) is 13.2 Å². The number of nitrogens with two attached hydrogens (primary N) is 1. The number of rotatable bonds is 9. The highest BCUT2D eigenvalue weighted by Gasteiger charge is 2.28. The number of carbonyl (C=O) groups excluding carboxylic acids is 1. The summed E-state index contributed by atoms with van der Waals surface area (Å²) >= 11 is 2.28. The number of carbonyl (C=O) groups is 1. The Morgan fingerprint density at radius 2 is 1.62 bits per heavy atom. The lowest BCUT2D eigenvalue weighted by atomic mass is 10.1. The molecule has 0 heterocycles. The van der Waals surface area contributed by atoms with Crippen molar-refractivity contribution in [2.24, 2.45) is 0 Å². The Hall–Kier alpha value is -1.66.